The molecule has 0 spiro atoms. The lowest BCUT2D eigenvalue weighted by Crippen LogP contribution is -2.53. The van der Waals surface area contributed by atoms with Crippen molar-refractivity contribution >= 4 is 12.4 Å². The Balaban J connectivity index is 2.33. The van der Waals surface area contributed by atoms with Crippen molar-refractivity contribution in [2.75, 3.05) is 13.1 Å². The van der Waals surface area contributed by atoms with Crippen LogP contribution in [0.2, 0.25) is 0 Å². The van der Waals surface area contributed by atoms with Gasteiger partial charge >= 0.3 is 6.09 Å². The van der Waals surface area contributed by atoms with E-state index in [9.17, 15) is 9.59 Å². The van der Waals surface area contributed by atoms with Crippen molar-refractivity contribution in [2.24, 2.45) is 11.8 Å². The fourth-order valence-electron chi connectivity index (χ4n) is 1.43. The van der Waals surface area contributed by atoms with Crippen molar-refractivity contribution in [3.63, 3.8) is 0 Å². The van der Waals surface area contributed by atoms with E-state index in [4.69, 9.17) is 4.74 Å². The molecule has 4 nitrogen and oxygen atoms in total. The third kappa shape index (κ3) is 3.22. The minimum atomic E-state index is -0.446. The van der Waals surface area contributed by atoms with Gasteiger partial charge in [0.1, 0.15) is 11.9 Å². The van der Waals surface area contributed by atoms with E-state index in [1.54, 1.807) is 4.90 Å². The summed E-state index contributed by atoms with van der Waals surface area (Å²) < 4.78 is 5.20. The molecule has 1 saturated heterocycles. The first kappa shape index (κ1) is 12.0. The first-order valence-electron chi connectivity index (χ1n) is 5.26. The molecule has 1 rings (SSSR count). The molecule has 0 saturated carbocycles. The van der Waals surface area contributed by atoms with Crippen LogP contribution in [0.15, 0.2) is 0 Å². The molecule has 0 aromatic rings. The van der Waals surface area contributed by atoms with Gasteiger partial charge in [-0.15, -0.1) is 0 Å². The Morgan fingerprint density at radius 2 is 2.00 bits per heavy atom. The molecule has 1 atom stereocenters. The highest BCUT2D eigenvalue weighted by atomic mass is 16.6. The Labute approximate surface area is 90.6 Å². The molecule has 0 radical (unpaired) electrons. The average molecular weight is 213 g/mol. The van der Waals surface area contributed by atoms with E-state index in [0.29, 0.717) is 19.0 Å². The van der Waals surface area contributed by atoms with Crippen LogP contribution in [0.4, 0.5) is 4.79 Å². The lowest BCUT2D eigenvalue weighted by molar-refractivity contribution is -0.114. The van der Waals surface area contributed by atoms with Crippen LogP contribution < -0.4 is 0 Å². The molecule has 1 fully saturated rings. The lowest BCUT2D eigenvalue weighted by atomic mass is 9.88. The van der Waals surface area contributed by atoms with Crippen molar-refractivity contribution in [3.05, 3.63) is 0 Å². The van der Waals surface area contributed by atoms with Gasteiger partial charge in [0.05, 0.1) is 0 Å². The topological polar surface area (TPSA) is 46.6 Å². The molecule has 1 heterocycles. The monoisotopic (exact) mass is 213 g/mol. The first-order valence-corrected chi connectivity index (χ1v) is 5.26. The third-order valence-corrected chi connectivity index (χ3v) is 2.52. The van der Waals surface area contributed by atoms with Gasteiger partial charge in [-0.05, 0) is 20.8 Å². The zero-order valence-electron chi connectivity index (χ0n) is 9.82. The van der Waals surface area contributed by atoms with E-state index in [0.717, 1.165) is 6.29 Å². The van der Waals surface area contributed by atoms with E-state index in [-0.39, 0.29) is 12.0 Å². The predicted molar refractivity (Wildman–Crippen MR) is 56.5 cm³/mol. The highest BCUT2D eigenvalue weighted by Gasteiger charge is 2.36. The number of rotatable bonds is 2. The van der Waals surface area contributed by atoms with E-state index in [2.05, 4.69) is 0 Å². The fourth-order valence-corrected chi connectivity index (χ4v) is 1.43. The van der Waals surface area contributed by atoms with Crippen molar-refractivity contribution in [1.82, 2.24) is 4.90 Å². The number of nitrogens with zero attached hydrogens (tertiary/aromatic N) is 1. The molecular formula is C11H19NO3. The average Bonchev–Trinajstić information content (AvgIpc) is 1.97. The smallest absolute Gasteiger partial charge is 0.410 e. The second-order valence-electron chi connectivity index (χ2n) is 5.14. The van der Waals surface area contributed by atoms with E-state index in [1.165, 1.54) is 0 Å². The van der Waals surface area contributed by atoms with Crippen LogP contribution in [0.1, 0.15) is 27.7 Å². The maximum absolute atomic E-state index is 11.5. The first-order chi connectivity index (χ1) is 6.83. The zero-order chi connectivity index (χ0) is 11.6. The second kappa shape index (κ2) is 4.21. The summed E-state index contributed by atoms with van der Waals surface area (Å²) in [5, 5.41) is 0. The van der Waals surface area contributed by atoms with Crippen molar-refractivity contribution < 1.29 is 14.3 Å². The summed E-state index contributed by atoms with van der Waals surface area (Å²) in [7, 11) is 0. The van der Waals surface area contributed by atoms with E-state index >= 15 is 0 Å². The summed E-state index contributed by atoms with van der Waals surface area (Å²) in [6.45, 7) is 8.68. The Bertz CT molecular complexity index is 251. The highest BCUT2D eigenvalue weighted by molar-refractivity contribution is 5.69. The van der Waals surface area contributed by atoms with E-state index in [1.807, 2.05) is 27.7 Å². The van der Waals surface area contributed by atoms with Crippen LogP contribution in [0.25, 0.3) is 0 Å². The van der Waals surface area contributed by atoms with Crippen LogP contribution in [0.3, 0.4) is 0 Å². The summed E-state index contributed by atoms with van der Waals surface area (Å²) >= 11 is 0. The quantitative estimate of drug-likeness (QED) is 0.656. The number of aldehydes is 1. The summed E-state index contributed by atoms with van der Waals surface area (Å²) in [5.74, 6) is 0.332. The van der Waals surface area contributed by atoms with Crippen LogP contribution in [-0.4, -0.2) is 36.0 Å². The predicted octanol–water partition coefficient (Wildman–Crippen LogP) is 1.69. The molecule has 15 heavy (non-hydrogen) atoms. The SMILES string of the molecule is CC(C=O)C1CN(C(=O)OC(C)(C)C)C1. The number of amides is 1. The van der Waals surface area contributed by atoms with Crippen LogP contribution in [0.5, 0.6) is 0 Å². The van der Waals surface area contributed by atoms with Crippen LogP contribution in [-0.2, 0) is 9.53 Å². The molecule has 86 valence electrons. The molecule has 4 heteroatoms. The number of hydrogen-bond donors (Lipinski definition) is 0. The normalized spacial score (nSPS) is 19.3. The number of likely N-dealkylation sites (tertiary alicyclic amines) is 1. The maximum atomic E-state index is 11.5. The molecule has 1 amide bonds. The fraction of sp³-hybridized carbons (Fsp3) is 0.818. The van der Waals surface area contributed by atoms with Gasteiger partial charge in [0.15, 0.2) is 0 Å². The van der Waals surface area contributed by atoms with Gasteiger partial charge in [-0.1, -0.05) is 6.92 Å². The molecule has 1 unspecified atom stereocenters. The Hall–Kier alpha value is -1.06. The molecule has 1 aliphatic rings. The van der Waals surface area contributed by atoms with Gasteiger partial charge in [0, 0.05) is 24.9 Å². The highest BCUT2D eigenvalue weighted by Crippen LogP contribution is 2.24. The van der Waals surface area contributed by atoms with Gasteiger partial charge in [0.2, 0.25) is 0 Å². The lowest BCUT2D eigenvalue weighted by Gasteiger charge is -2.41. The summed E-state index contributed by atoms with van der Waals surface area (Å²) in [4.78, 5) is 23.7. The molecule has 0 N–H and O–H groups in total. The molecule has 0 bridgehead atoms. The number of ether oxygens (including phenoxy) is 1. The largest absolute Gasteiger partial charge is 0.444 e. The Kier molecular flexibility index (Phi) is 3.37. The van der Waals surface area contributed by atoms with Crippen molar-refractivity contribution in [1.29, 1.82) is 0 Å². The van der Waals surface area contributed by atoms with Gasteiger partial charge in [-0.3, -0.25) is 0 Å². The summed E-state index contributed by atoms with van der Waals surface area (Å²) in [6, 6.07) is 0. The van der Waals surface area contributed by atoms with Crippen LogP contribution >= 0.6 is 0 Å². The molecule has 0 aromatic heterocycles. The molecule has 1 aliphatic heterocycles. The third-order valence-electron chi connectivity index (χ3n) is 2.52. The molecule has 0 aromatic carbocycles. The standard InChI is InChI=1S/C11H19NO3/c1-8(7-13)9-5-12(6-9)10(14)15-11(2,3)4/h7-9H,5-6H2,1-4H3. The summed E-state index contributed by atoms with van der Waals surface area (Å²) in [6.07, 6.45) is 0.661. The van der Waals surface area contributed by atoms with Gasteiger partial charge in [0.25, 0.3) is 0 Å². The van der Waals surface area contributed by atoms with Gasteiger partial charge in [-0.2, -0.15) is 0 Å². The zero-order valence-corrected chi connectivity index (χ0v) is 9.82. The summed E-state index contributed by atoms with van der Waals surface area (Å²) in [5.41, 5.74) is -0.446. The van der Waals surface area contributed by atoms with E-state index < -0.39 is 5.60 Å². The van der Waals surface area contributed by atoms with Gasteiger partial charge in [-0.25, -0.2) is 4.79 Å². The molecule has 0 aliphatic carbocycles. The maximum Gasteiger partial charge on any atom is 0.410 e. The minimum absolute atomic E-state index is 0.0312. The number of carbonyl (C=O) groups is 2. The van der Waals surface area contributed by atoms with Crippen molar-refractivity contribution in [3.8, 4) is 0 Å². The van der Waals surface area contributed by atoms with Gasteiger partial charge < -0.3 is 14.4 Å². The second-order valence-corrected chi connectivity index (χ2v) is 5.14. The minimum Gasteiger partial charge on any atom is -0.444 e. The van der Waals surface area contributed by atoms with Crippen molar-refractivity contribution in [2.45, 2.75) is 33.3 Å². The Morgan fingerprint density at radius 1 is 1.47 bits per heavy atom. The number of hydrogen-bond acceptors (Lipinski definition) is 3. The molecular weight excluding hydrogens is 194 g/mol. The Morgan fingerprint density at radius 3 is 2.40 bits per heavy atom. The van der Waals surface area contributed by atoms with Crippen LogP contribution in [0, 0.1) is 11.8 Å². The number of carbonyl (C=O) groups excluding carboxylic acids is 2.